The third kappa shape index (κ3) is 5.56. The largest absolute Gasteiger partial charge is 0.543 e. The van der Waals surface area contributed by atoms with E-state index in [2.05, 4.69) is 83.1 Å². The summed E-state index contributed by atoms with van der Waals surface area (Å²) in [5.41, 5.74) is 3.15. The minimum atomic E-state index is -2.51. The number of rotatable bonds is 11. The summed E-state index contributed by atoms with van der Waals surface area (Å²) in [5, 5.41) is 42.7. The molecule has 0 aliphatic carbocycles. The second-order valence-electron chi connectivity index (χ2n) is 14.0. The van der Waals surface area contributed by atoms with Crippen LogP contribution in [0.3, 0.4) is 0 Å². The van der Waals surface area contributed by atoms with E-state index in [-0.39, 0.29) is 23.2 Å². The van der Waals surface area contributed by atoms with Crippen LogP contribution in [0.5, 0.6) is 11.5 Å². The molecule has 5 atom stereocenters. The van der Waals surface area contributed by atoms with Gasteiger partial charge in [0, 0.05) is 6.07 Å². The van der Waals surface area contributed by atoms with Crippen molar-refractivity contribution >= 4 is 16.6 Å². The molecule has 1 aromatic carbocycles. The molecule has 3 rings (SSSR count). The Labute approximate surface area is 249 Å². The van der Waals surface area contributed by atoms with Gasteiger partial charge in [0.05, 0.1) is 18.8 Å². The van der Waals surface area contributed by atoms with E-state index in [1.807, 2.05) is 12.1 Å². The number of aliphatic hydroxyl groups excluding tert-OH is 4. The molecule has 1 spiro atoms. The van der Waals surface area contributed by atoms with Crippen molar-refractivity contribution in [2.75, 3.05) is 6.61 Å². The van der Waals surface area contributed by atoms with E-state index >= 15 is 0 Å². The lowest BCUT2D eigenvalue weighted by atomic mass is 9.87. The zero-order valence-electron chi connectivity index (χ0n) is 27.3. The quantitative estimate of drug-likeness (QED) is 0.227. The van der Waals surface area contributed by atoms with Gasteiger partial charge in [-0.25, -0.2) is 0 Å². The zero-order chi connectivity index (χ0) is 31.2. The fraction of sp³-hybridized carbons (Fsp3) is 0.806. The summed E-state index contributed by atoms with van der Waals surface area (Å²) in [5.74, 6) is -0.564. The van der Waals surface area contributed by atoms with Gasteiger partial charge in [0.1, 0.15) is 35.9 Å². The summed E-state index contributed by atoms with van der Waals surface area (Å²) in [6, 6.07) is 3.89. The molecule has 1 fully saturated rings. The topological polar surface area (TPSA) is 118 Å². The average Bonchev–Trinajstić information content (AvgIpc) is 3.24. The number of hydrogen-bond donors (Lipinski definition) is 4. The summed E-state index contributed by atoms with van der Waals surface area (Å²) in [7, 11) is -4.83. The van der Waals surface area contributed by atoms with Gasteiger partial charge in [-0.2, -0.15) is 0 Å². The molecule has 1 aromatic rings. The van der Waals surface area contributed by atoms with Crippen molar-refractivity contribution in [2.45, 2.75) is 153 Å². The van der Waals surface area contributed by atoms with E-state index in [1.165, 1.54) is 0 Å². The molecule has 0 aromatic heterocycles. The molecule has 2 heterocycles. The van der Waals surface area contributed by atoms with Crippen molar-refractivity contribution in [3.8, 4) is 11.5 Å². The molecule has 0 saturated carbocycles. The number of benzene rings is 1. The first kappa shape index (κ1) is 34.5. The summed E-state index contributed by atoms with van der Waals surface area (Å²) in [6.07, 6.45) is -5.79. The van der Waals surface area contributed by atoms with Crippen LogP contribution in [0.15, 0.2) is 12.1 Å². The molecule has 2 aliphatic heterocycles. The Morgan fingerprint density at radius 2 is 1.22 bits per heavy atom. The molecule has 8 nitrogen and oxygen atoms in total. The Bertz CT molecular complexity index is 998. The van der Waals surface area contributed by atoms with E-state index in [4.69, 9.17) is 18.3 Å². The summed E-state index contributed by atoms with van der Waals surface area (Å²) in [4.78, 5) is 0. The monoisotopic (exact) mass is 612 g/mol. The summed E-state index contributed by atoms with van der Waals surface area (Å²) < 4.78 is 26.8. The Morgan fingerprint density at radius 1 is 0.756 bits per heavy atom. The molecule has 0 amide bonds. The predicted octanol–water partition coefficient (Wildman–Crippen LogP) is 5.95. The third-order valence-corrected chi connectivity index (χ3v) is 21.9. The molecule has 41 heavy (non-hydrogen) atoms. The van der Waals surface area contributed by atoms with E-state index in [0.29, 0.717) is 33.7 Å². The first-order chi connectivity index (χ1) is 18.9. The van der Waals surface area contributed by atoms with Crippen LogP contribution in [0.2, 0.25) is 33.2 Å². The lowest BCUT2D eigenvalue weighted by Gasteiger charge is -2.48. The van der Waals surface area contributed by atoms with Crippen LogP contribution in [0.4, 0.5) is 0 Å². The number of ether oxygens (including phenoxy) is 2. The van der Waals surface area contributed by atoms with Gasteiger partial charge in [-0.15, -0.1) is 0 Å². The lowest BCUT2D eigenvalue weighted by molar-refractivity contribution is -0.368. The fourth-order valence-corrected chi connectivity index (χ4v) is 18.6. The maximum absolute atomic E-state index is 11.4. The van der Waals surface area contributed by atoms with Gasteiger partial charge in [0.25, 0.3) is 16.6 Å². The van der Waals surface area contributed by atoms with E-state index in [1.54, 1.807) is 0 Å². The van der Waals surface area contributed by atoms with Crippen molar-refractivity contribution in [1.82, 2.24) is 0 Å². The molecule has 0 radical (unpaired) electrons. The summed E-state index contributed by atoms with van der Waals surface area (Å²) >= 11 is 0. The second-order valence-corrected chi connectivity index (χ2v) is 24.8. The van der Waals surface area contributed by atoms with Crippen LogP contribution in [0.25, 0.3) is 0 Å². The molecular weight excluding hydrogens is 557 g/mol. The molecule has 0 bridgehead atoms. The first-order valence-electron chi connectivity index (χ1n) is 15.5. The van der Waals surface area contributed by atoms with Gasteiger partial charge < -0.3 is 38.8 Å². The van der Waals surface area contributed by atoms with Gasteiger partial charge >= 0.3 is 0 Å². The van der Waals surface area contributed by atoms with Crippen molar-refractivity contribution in [1.29, 1.82) is 0 Å². The van der Waals surface area contributed by atoms with Crippen molar-refractivity contribution < 1.29 is 38.8 Å². The maximum atomic E-state index is 11.4. The molecular formula is C31H56O8Si2. The van der Waals surface area contributed by atoms with Crippen LogP contribution in [0, 0.1) is 0 Å². The average molecular weight is 613 g/mol. The molecule has 10 heteroatoms. The molecule has 1 unspecified atom stereocenters. The van der Waals surface area contributed by atoms with Gasteiger partial charge in [-0.3, -0.25) is 0 Å². The van der Waals surface area contributed by atoms with Crippen molar-refractivity contribution in [3.05, 3.63) is 23.3 Å². The third-order valence-electron chi connectivity index (χ3n) is 9.89. The second kappa shape index (κ2) is 12.6. The molecule has 1 saturated heterocycles. The lowest BCUT2D eigenvalue weighted by Crippen LogP contribution is -2.63. The zero-order valence-corrected chi connectivity index (χ0v) is 29.3. The van der Waals surface area contributed by atoms with Crippen LogP contribution in [-0.4, -0.2) is 68.1 Å². The fourth-order valence-electron chi connectivity index (χ4n) is 8.12. The smallest absolute Gasteiger partial charge is 0.258 e. The standard InChI is InChI=1S/C31H56O8Si2/c1-17(2)40(18(3)4,19(5)6)38-24-13-23-16-36-31(30(35)29(34)28(33)26(15-32)37-31)27(23)25(14-24)39-41(20(7)8,21(9)10)22(11)12/h13-14,17-22,26,28-30,32-35H,15-16H2,1-12H3/t26-,28-,29+,30-,31?/m1/s1. The Hall–Kier alpha value is -0.986. The Balaban J connectivity index is 2.32. The minimum absolute atomic E-state index is 0.0973. The van der Waals surface area contributed by atoms with E-state index < -0.39 is 53.4 Å². The Morgan fingerprint density at radius 3 is 1.66 bits per heavy atom. The normalized spacial score (nSPS) is 27.3. The highest BCUT2D eigenvalue weighted by atomic mass is 28.4. The Kier molecular flexibility index (Phi) is 10.6. The molecule has 2 aliphatic rings. The minimum Gasteiger partial charge on any atom is -0.543 e. The predicted molar refractivity (Wildman–Crippen MR) is 166 cm³/mol. The summed E-state index contributed by atoms with van der Waals surface area (Å²) in [6.45, 7) is 26.3. The first-order valence-corrected chi connectivity index (χ1v) is 19.7. The van der Waals surface area contributed by atoms with Gasteiger partial charge in [0.15, 0.2) is 0 Å². The van der Waals surface area contributed by atoms with Gasteiger partial charge in [0.2, 0.25) is 5.79 Å². The highest BCUT2D eigenvalue weighted by molar-refractivity contribution is 6.78. The van der Waals surface area contributed by atoms with Gasteiger partial charge in [-0.05, 0) is 44.9 Å². The maximum Gasteiger partial charge on any atom is 0.258 e. The van der Waals surface area contributed by atoms with Crippen LogP contribution in [-0.2, 0) is 21.9 Å². The van der Waals surface area contributed by atoms with Crippen LogP contribution >= 0.6 is 0 Å². The highest BCUT2D eigenvalue weighted by Gasteiger charge is 2.60. The number of aliphatic hydroxyl groups is 4. The SMILES string of the molecule is CC(C)[Si](Oc1cc2c(c(O[Si](C(C)C)(C(C)C)C(C)C)c1)C1(OC2)O[C@H](CO)[C@@H](O)[C@H](O)[C@H]1O)(C(C)C)C(C)C. The number of fused-ring (bicyclic) bond motifs is 2. The molecule has 4 N–H and O–H groups in total. The molecule has 236 valence electrons. The van der Waals surface area contributed by atoms with Crippen molar-refractivity contribution in [3.63, 3.8) is 0 Å². The number of hydrogen-bond acceptors (Lipinski definition) is 8. The highest BCUT2D eigenvalue weighted by Crippen LogP contribution is 2.54. The van der Waals surface area contributed by atoms with Crippen LogP contribution < -0.4 is 8.85 Å². The van der Waals surface area contributed by atoms with Crippen molar-refractivity contribution in [2.24, 2.45) is 0 Å². The van der Waals surface area contributed by atoms with Crippen LogP contribution in [0.1, 0.15) is 94.2 Å². The van der Waals surface area contributed by atoms with E-state index in [9.17, 15) is 20.4 Å². The van der Waals surface area contributed by atoms with E-state index in [0.717, 1.165) is 5.56 Å². The van der Waals surface area contributed by atoms with Gasteiger partial charge in [-0.1, -0.05) is 83.1 Å².